The Kier molecular flexibility index (Phi) is 3.16. The van der Waals surface area contributed by atoms with Crippen molar-refractivity contribution in [2.75, 3.05) is 0 Å². The molecular formula is C7H13BF2. The van der Waals surface area contributed by atoms with Gasteiger partial charge >= 0.3 is 7.27 Å². The molecule has 0 N–H and O–H groups in total. The Labute approximate surface area is 61.2 Å². The van der Waals surface area contributed by atoms with Crippen LogP contribution in [-0.4, -0.2) is 7.27 Å². The van der Waals surface area contributed by atoms with E-state index >= 15 is 0 Å². The van der Waals surface area contributed by atoms with Crippen LogP contribution in [0.1, 0.15) is 32.1 Å². The number of hydrogen-bond acceptors (Lipinski definition) is 0. The third-order valence-electron chi connectivity index (χ3n) is 2.24. The van der Waals surface area contributed by atoms with Gasteiger partial charge < -0.3 is 0 Å². The fourth-order valence-corrected chi connectivity index (χ4v) is 1.67. The smallest absolute Gasteiger partial charge is 0.287 e. The molecule has 0 bridgehead atoms. The summed E-state index contributed by atoms with van der Waals surface area (Å²) < 4.78 is 23.6. The molecule has 0 aromatic heterocycles. The largest absolute Gasteiger partial charge is 0.538 e. The van der Waals surface area contributed by atoms with Crippen molar-refractivity contribution in [3.8, 4) is 0 Å². The van der Waals surface area contributed by atoms with E-state index in [9.17, 15) is 8.63 Å². The molecule has 0 saturated heterocycles. The Morgan fingerprint density at radius 2 is 1.70 bits per heavy atom. The van der Waals surface area contributed by atoms with Crippen molar-refractivity contribution in [2.45, 2.75) is 38.4 Å². The van der Waals surface area contributed by atoms with Crippen LogP contribution in [0.3, 0.4) is 0 Å². The second-order valence-corrected chi connectivity index (χ2v) is 3.13. The van der Waals surface area contributed by atoms with Crippen molar-refractivity contribution in [1.82, 2.24) is 0 Å². The maximum atomic E-state index is 11.8. The lowest BCUT2D eigenvalue weighted by Gasteiger charge is -2.19. The van der Waals surface area contributed by atoms with Gasteiger partial charge in [-0.05, 0) is 12.2 Å². The fourth-order valence-electron chi connectivity index (χ4n) is 1.67. The molecule has 0 aromatic rings. The summed E-state index contributed by atoms with van der Waals surface area (Å²) in [5.74, 6) is 0.328. The van der Waals surface area contributed by atoms with E-state index in [1.165, 1.54) is 6.42 Å². The quantitative estimate of drug-likeness (QED) is 0.525. The molecule has 1 rings (SSSR count). The van der Waals surface area contributed by atoms with Crippen LogP contribution in [0, 0.1) is 5.92 Å². The van der Waals surface area contributed by atoms with Gasteiger partial charge in [-0.15, -0.1) is 0 Å². The maximum Gasteiger partial charge on any atom is 0.538 e. The summed E-state index contributed by atoms with van der Waals surface area (Å²) in [6, 6.07) is 0. The lowest BCUT2D eigenvalue weighted by atomic mass is 9.76. The van der Waals surface area contributed by atoms with Crippen LogP contribution in [0.5, 0.6) is 0 Å². The first kappa shape index (κ1) is 8.03. The van der Waals surface area contributed by atoms with Crippen LogP contribution in [0.2, 0.25) is 6.32 Å². The Balaban J connectivity index is 2.13. The molecule has 58 valence electrons. The van der Waals surface area contributed by atoms with Gasteiger partial charge in [0.15, 0.2) is 0 Å². The minimum Gasteiger partial charge on any atom is -0.287 e. The molecule has 0 aliphatic heterocycles. The van der Waals surface area contributed by atoms with Crippen LogP contribution in [0.25, 0.3) is 0 Å². The highest BCUT2D eigenvalue weighted by molar-refractivity contribution is 6.42. The molecule has 0 unspecified atom stereocenters. The summed E-state index contributed by atoms with van der Waals surface area (Å²) in [4.78, 5) is 0. The van der Waals surface area contributed by atoms with Crippen LogP contribution in [-0.2, 0) is 0 Å². The fraction of sp³-hybridized carbons (Fsp3) is 1.00. The first-order valence-corrected chi connectivity index (χ1v) is 4.07. The van der Waals surface area contributed by atoms with Crippen molar-refractivity contribution in [3.05, 3.63) is 0 Å². The van der Waals surface area contributed by atoms with Crippen molar-refractivity contribution in [3.63, 3.8) is 0 Å². The maximum absolute atomic E-state index is 11.8. The topological polar surface area (TPSA) is 0 Å². The summed E-state index contributed by atoms with van der Waals surface area (Å²) in [7, 11) is -2.08. The highest BCUT2D eigenvalue weighted by Gasteiger charge is 2.21. The van der Waals surface area contributed by atoms with E-state index in [2.05, 4.69) is 0 Å². The minimum absolute atomic E-state index is 0.139. The van der Waals surface area contributed by atoms with E-state index in [4.69, 9.17) is 0 Å². The van der Waals surface area contributed by atoms with E-state index in [1.807, 2.05) is 0 Å². The highest BCUT2D eigenvalue weighted by Crippen LogP contribution is 2.27. The van der Waals surface area contributed by atoms with Crippen molar-refractivity contribution >= 4 is 7.27 Å². The molecule has 0 aromatic carbocycles. The van der Waals surface area contributed by atoms with E-state index < -0.39 is 7.27 Å². The molecule has 1 fully saturated rings. The highest BCUT2D eigenvalue weighted by atomic mass is 19.2. The van der Waals surface area contributed by atoms with Crippen LogP contribution in [0.15, 0.2) is 0 Å². The van der Waals surface area contributed by atoms with Gasteiger partial charge in [0.2, 0.25) is 0 Å². The van der Waals surface area contributed by atoms with Crippen LogP contribution >= 0.6 is 0 Å². The average molecular weight is 146 g/mol. The lowest BCUT2D eigenvalue weighted by molar-refractivity contribution is 0.373. The first-order valence-electron chi connectivity index (χ1n) is 4.07. The van der Waals surface area contributed by atoms with E-state index in [0.717, 1.165) is 25.7 Å². The van der Waals surface area contributed by atoms with Gasteiger partial charge in [-0.3, -0.25) is 8.63 Å². The van der Waals surface area contributed by atoms with Crippen molar-refractivity contribution in [2.24, 2.45) is 5.92 Å². The number of halogens is 2. The predicted octanol–water partition coefficient (Wildman–Crippen LogP) is 2.99. The number of hydrogen-bond donors (Lipinski definition) is 0. The molecule has 0 nitrogen and oxygen atoms in total. The molecule has 1 saturated carbocycles. The number of rotatable bonds is 2. The zero-order valence-electron chi connectivity index (χ0n) is 6.15. The van der Waals surface area contributed by atoms with E-state index in [1.54, 1.807) is 0 Å². The molecule has 1 aliphatic carbocycles. The zero-order chi connectivity index (χ0) is 7.40. The predicted molar refractivity (Wildman–Crippen MR) is 39.4 cm³/mol. The Morgan fingerprint density at radius 1 is 1.10 bits per heavy atom. The van der Waals surface area contributed by atoms with Crippen LogP contribution < -0.4 is 0 Å². The minimum atomic E-state index is -2.08. The van der Waals surface area contributed by atoms with Crippen molar-refractivity contribution in [1.29, 1.82) is 0 Å². The summed E-state index contributed by atoms with van der Waals surface area (Å²) in [6.45, 7) is 0. The van der Waals surface area contributed by atoms with Crippen molar-refractivity contribution < 1.29 is 8.63 Å². The van der Waals surface area contributed by atoms with Gasteiger partial charge in [-0.25, -0.2) is 0 Å². The lowest BCUT2D eigenvalue weighted by Crippen LogP contribution is -2.11. The van der Waals surface area contributed by atoms with Gasteiger partial charge in [0, 0.05) is 0 Å². The van der Waals surface area contributed by atoms with Gasteiger partial charge in [0.25, 0.3) is 0 Å². The van der Waals surface area contributed by atoms with E-state index in [-0.39, 0.29) is 6.32 Å². The first-order chi connectivity index (χ1) is 4.79. The molecule has 1 aliphatic rings. The molecule has 3 heteroatoms. The molecule has 0 radical (unpaired) electrons. The molecular weight excluding hydrogens is 133 g/mol. The Morgan fingerprint density at radius 3 is 2.20 bits per heavy atom. The normalized spacial score (nSPS) is 21.0. The van der Waals surface area contributed by atoms with Gasteiger partial charge in [0.1, 0.15) is 0 Å². The SMILES string of the molecule is FB(F)CC1CCCCC1. The van der Waals surface area contributed by atoms with E-state index in [0.29, 0.717) is 5.92 Å². The van der Waals surface area contributed by atoms with Gasteiger partial charge in [-0.2, -0.15) is 0 Å². The molecule has 10 heavy (non-hydrogen) atoms. The molecule has 0 heterocycles. The summed E-state index contributed by atoms with van der Waals surface area (Å²) in [5, 5.41) is 0. The zero-order valence-corrected chi connectivity index (χ0v) is 6.15. The second kappa shape index (κ2) is 3.94. The summed E-state index contributed by atoms with van der Waals surface area (Å²) in [5.41, 5.74) is 0. The van der Waals surface area contributed by atoms with Gasteiger partial charge in [-0.1, -0.05) is 32.1 Å². The average Bonchev–Trinajstić information content (AvgIpc) is 1.88. The summed E-state index contributed by atoms with van der Waals surface area (Å²) >= 11 is 0. The van der Waals surface area contributed by atoms with Crippen LogP contribution in [0.4, 0.5) is 8.63 Å². The third kappa shape index (κ3) is 2.67. The Bertz CT molecular complexity index is 89.6. The molecule has 0 spiro atoms. The second-order valence-electron chi connectivity index (χ2n) is 3.13. The Hall–Kier alpha value is -0.0751. The molecule has 0 atom stereocenters. The summed E-state index contributed by atoms with van der Waals surface area (Å²) in [6.07, 6.45) is 5.78. The standard InChI is InChI=1S/C7H13BF2/c9-8(10)6-7-4-2-1-3-5-7/h7H,1-6H2. The molecule has 0 amide bonds. The van der Waals surface area contributed by atoms with Gasteiger partial charge in [0.05, 0.1) is 0 Å². The third-order valence-corrected chi connectivity index (χ3v) is 2.24. The monoisotopic (exact) mass is 146 g/mol.